The lowest BCUT2D eigenvalue weighted by Gasteiger charge is -2.23. The zero-order chi connectivity index (χ0) is 13.1. The van der Waals surface area contributed by atoms with E-state index in [1.54, 1.807) is 6.92 Å². The van der Waals surface area contributed by atoms with Gasteiger partial charge in [-0.15, -0.1) is 0 Å². The van der Waals surface area contributed by atoms with Gasteiger partial charge >= 0.3 is 5.97 Å². The van der Waals surface area contributed by atoms with Crippen molar-refractivity contribution >= 4 is 5.97 Å². The average Bonchev–Trinajstić information content (AvgIpc) is 2.15. The summed E-state index contributed by atoms with van der Waals surface area (Å²) in [6, 6.07) is 3.72. The number of ether oxygens (including phenoxy) is 1. The number of hydrogen-bond donors (Lipinski definition) is 3. The Kier molecular flexibility index (Phi) is 3.96. The molecule has 5 heteroatoms. The summed E-state index contributed by atoms with van der Waals surface area (Å²) in [5.74, 6) is -0.895. The van der Waals surface area contributed by atoms with Gasteiger partial charge in [0.15, 0.2) is 0 Å². The van der Waals surface area contributed by atoms with Crippen molar-refractivity contribution in [1.29, 1.82) is 0 Å². The first-order chi connectivity index (χ1) is 7.85. The van der Waals surface area contributed by atoms with E-state index >= 15 is 0 Å². The highest BCUT2D eigenvalue weighted by atomic mass is 16.5. The maximum absolute atomic E-state index is 11.3. The molecule has 0 fully saturated rings. The van der Waals surface area contributed by atoms with Crippen molar-refractivity contribution in [3.63, 3.8) is 0 Å². The molecule has 0 spiro atoms. The molecule has 5 nitrogen and oxygen atoms in total. The molecule has 1 atom stereocenters. The Balaban J connectivity index is 2.92. The number of aliphatic hydroxyl groups is 1. The summed E-state index contributed by atoms with van der Waals surface area (Å²) in [5, 5.41) is 28.7. The molecule has 0 bridgehead atoms. The Bertz CT molecular complexity index is 391. The SMILES string of the molecule is CCOC(=O)CC(C)(O)c1cc(O)cc(O)c1. The van der Waals surface area contributed by atoms with E-state index < -0.39 is 11.6 Å². The molecule has 0 aromatic heterocycles. The van der Waals surface area contributed by atoms with Gasteiger partial charge in [-0.05, 0) is 31.5 Å². The predicted molar refractivity (Wildman–Crippen MR) is 60.6 cm³/mol. The molecule has 3 N–H and O–H groups in total. The molecule has 17 heavy (non-hydrogen) atoms. The highest BCUT2D eigenvalue weighted by molar-refractivity contribution is 5.71. The van der Waals surface area contributed by atoms with Gasteiger partial charge < -0.3 is 20.1 Å². The topological polar surface area (TPSA) is 87.0 Å². The summed E-state index contributed by atoms with van der Waals surface area (Å²) in [6.45, 7) is 3.32. The smallest absolute Gasteiger partial charge is 0.309 e. The van der Waals surface area contributed by atoms with Crippen LogP contribution in [0.2, 0.25) is 0 Å². The lowest BCUT2D eigenvalue weighted by atomic mass is 9.92. The van der Waals surface area contributed by atoms with Crippen molar-refractivity contribution in [3.8, 4) is 11.5 Å². The number of carbonyl (C=O) groups excluding carboxylic acids is 1. The second kappa shape index (κ2) is 5.05. The molecule has 0 heterocycles. The first-order valence-electron chi connectivity index (χ1n) is 5.26. The zero-order valence-electron chi connectivity index (χ0n) is 9.80. The van der Waals surface area contributed by atoms with Crippen LogP contribution in [0.3, 0.4) is 0 Å². The molecule has 94 valence electrons. The van der Waals surface area contributed by atoms with Crippen molar-refractivity contribution in [1.82, 2.24) is 0 Å². The molecule has 0 aliphatic heterocycles. The summed E-state index contributed by atoms with van der Waals surface area (Å²) in [4.78, 5) is 11.3. The van der Waals surface area contributed by atoms with Crippen molar-refractivity contribution < 1.29 is 24.9 Å². The van der Waals surface area contributed by atoms with E-state index in [1.165, 1.54) is 19.1 Å². The summed E-state index contributed by atoms with van der Waals surface area (Å²) in [7, 11) is 0. The van der Waals surface area contributed by atoms with E-state index in [0.717, 1.165) is 6.07 Å². The van der Waals surface area contributed by atoms with Crippen LogP contribution in [-0.4, -0.2) is 27.9 Å². The van der Waals surface area contributed by atoms with Crippen LogP contribution in [0, 0.1) is 0 Å². The highest BCUT2D eigenvalue weighted by Crippen LogP contribution is 2.31. The summed E-state index contributed by atoms with van der Waals surface area (Å²) in [6.07, 6.45) is -0.246. The molecule has 1 rings (SSSR count). The van der Waals surface area contributed by atoms with Crippen LogP contribution in [0.15, 0.2) is 18.2 Å². The third-order valence-electron chi connectivity index (χ3n) is 2.32. The maximum Gasteiger partial charge on any atom is 0.309 e. The fraction of sp³-hybridized carbons (Fsp3) is 0.417. The molecule has 0 aliphatic rings. The predicted octanol–water partition coefficient (Wildman–Crippen LogP) is 1.26. The Morgan fingerprint density at radius 2 is 1.82 bits per heavy atom. The first-order valence-corrected chi connectivity index (χ1v) is 5.26. The van der Waals surface area contributed by atoms with Crippen LogP contribution in [0.25, 0.3) is 0 Å². The lowest BCUT2D eigenvalue weighted by molar-refractivity contribution is -0.148. The van der Waals surface area contributed by atoms with Crippen molar-refractivity contribution in [2.45, 2.75) is 25.9 Å². The molecule has 0 saturated carbocycles. The third-order valence-corrected chi connectivity index (χ3v) is 2.32. The van der Waals surface area contributed by atoms with Gasteiger partial charge in [0.2, 0.25) is 0 Å². The monoisotopic (exact) mass is 240 g/mol. The Morgan fingerprint density at radius 3 is 2.29 bits per heavy atom. The van der Waals surface area contributed by atoms with E-state index in [-0.39, 0.29) is 30.1 Å². The molecule has 0 saturated heterocycles. The number of hydrogen-bond acceptors (Lipinski definition) is 5. The van der Waals surface area contributed by atoms with Crippen molar-refractivity contribution in [2.75, 3.05) is 6.61 Å². The minimum Gasteiger partial charge on any atom is -0.508 e. The standard InChI is InChI=1S/C12H16O5/c1-3-17-11(15)7-12(2,16)8-4-9(13)6-10(14)5-8/h4-6,13-14,16H,3,7H2,1-2H3. The number of carbonyl (C=O) groups is 1. The quantitative estimate of drug-likeness (QED) is 0.690. The highest BCUT2D eigenvalue weighted by Gasteiger charge is 2.28. The summed E-state index contributed by atoms with van der Waals surface area (Å²) < 4.78 is 4.74. The molecule has 1 aromatic carbocycles. The van der Waals surface area contributed by atoms with Gasteiger partial charge in [0.05, 0.1) is 18.6 Å². The second-order valence-electron chi connectivity index (χ2n) is 3.99. The minimum atomic E-state index is -1.50. The number of rotatable bonds is 4. The van der Waals surface area contributed by atoms with Gasteiger partial charge in [0.1, 0.15) is 11.5 Å². The fourth-order valence-electron chi connectivity index (χ4n) is 1.50. The van der Waals surface area contributed by atoms with E-state index in [0.29, 0.717) is 0 Å². The molecule has 0 amide bonds. The van der Waals surface area contributed by atoms with E-state index in [9.17, 15) is 20.1 Å². The van der Waals surface area contributed by atoms with Crippen molar-refractivity contribution in [3.05, 3.63) is 23.8 Å². The van der Waals surface area contributed by atoms with E-state index in [2.05, 4.69) is 0 Å². The van der Waals surface area contributed by atoms with Gasteiger partial charge in [-0.3, -0.25) is 4.79 Å². The number of phenols is 2. The van der Waals surface area contributed by atoms with Crippen LogP contribution < -0.4 is 0 Å². The van der Waals surface area contributed by atoms with E-state index in [4.69, 9.17) is 4.74 Å². The molecule has 0 radical (unpaired) electrons. The van der Waals surface area contributed by atoms with Crippen LogP contribution in [-0.2, 0) is 15.1 Å². The van der Waals surface area contributed by atoms with E-state index in [1.807, 2.05) is 0 Å². The largest absolute Gasteiger partial charge is 0.508 e. The molecular weight excluding hydrogens is 224 g/mol. The number of esters is 1. The normalized spacial score (nSPS) is 14.1. The Labute approximate surface area is 99.3 Å². The van der Waals surface area contributed by atoms with Gasteiger partial charge in [-0.1, -0.05) is 0 Å². The molecule has 1 unspecified atom stereocenters. The lowest BCUT2D eigenvalue weighted by Crippen LogP contribution is -2.26. The van der Waals surface area contributed by atoms with Crippen LogP contribution in [0.1, 0.15) is 25.8 Å². The molecule has 1 aromatic rings. The number of phenolic OH excluding ortho intramolecular Hbond substituents is 2. The first kappa shape index (κ1) is 13.3. The second-order valence-corrected chi connectivity index (χ2v) is 3.99. The Morgan fingerprint density at radius 1 is 1.29 bits per heavy atom. The summed E-state index contributed by atoms with van der Waals surface area (Å²) in [5.41, 5.74) is -1.24. The fourth-order valence-corrected chi connectivity index (χ4v) is 1.50. The van der Waals surface area contributed by atoms with Gasteiger partial charge in [0, 0.05) is 6.07 Å². The Hall–Kier alpha value is -1.75. The number of aromatic hydroxyl groups is 2. The van der Waals surface area contributed by atoms with Gasteiger partial charge in [0.25, 0.3) is 0 Å². The third kappa shape index (κ3) is 3.64. The number of benzene rings is 1. The average molecular weight is 240 g/mol. The van der Waals surface area contributed by atoms with Crippen LogP contribution in [0.4, 0.5) is 0 Å². The van der Waals surface area contributed by atoms with Gasteiger partial charge in [-0.25, -0.2) is 0 Å². The van der Waals surface area contributed by atoms with Crippen LogP contribution in [0.5, 0.6) is 11.5 Å². The van der Waals surface area contributed by atoms with Crippen LogP contribution >= 0.6 is 0 Å². The molecular formula is C12H16O5. The minimum absolute atomic E-state index is 0.177. The van der Waals surface area contributed by atoms with Crippen molar-refractivity contribution in [2.24, 2.45) is 0 Å². The summed E-state index contributed by atoms with van der Waals surface area (Å²) >= 11 is 0. The zero-order valence-corrected chi connectivity index (χ0v) is 9.80. The van der Waals surface area contributed by atoms with Gasteiger partial charge in [-0.2, -0.15) is 0 Å². The maximum atomic E-state index is 11.3. The molecule has 0 aliphatic carbocycles.